The fourth-order valence-electron chi connectivity index (χ4n) is 1.35. The number of halogens is 1. The Morgan fingerprint density at radius 3 is 2.47 bits per heavy atom. The Balaban J connectivity index is 3.57. The van der Waals surface area contributed by atoms with Crippen LogP contribution in [0.4, 0.5) is 0 Å². The molecule has 0 spiro atoms. The largest absolute Gasteiger partial charge is 0.261 e. The third kappa shape index (κ3) is 2.49. The molecule has 0 aliphatic heterocycles. The van der Waals surface area contributed by atoms with Gasteiger partial charge in [0.25, 0.3) is 9.05 Å². The van der Waals surface area contributed by atoms with Crippen molar-refractivity contribution in [1.29, 1.82) is 5.26 Å². The highest BCUT2D eigenvalue weighted by atomic mass is 35.7. The molecule has 0 saturated heterocycles. The van der Waals surface area contributed by atoms with Crippen molar-refractivity contribution in [3.63, 3.8) is 0 Å². The van der Waals surface area contributed by atoms with E-state index in [1.54, 1.807) is 13.0 Å². The summed E-state index contributed by atoms with van der Waals surface area (Å²) in [7, 11) is 1.57. The van der Waals surface area contributed by atoms with Crippen LogP contribution in [0, 0.1) is 18.3 Å². The van der Waals surface area contributed by atoms with E-state index in [4.69, 9.17) is 15.9 Å². The molecule has 0 aliphatic carbocycles. The maximum atomic E-state index is 11.2. The number of aryl methyl sites for hydroxylation is 2. The van der Waals surface area contributed by atoms with Crippen LogP contribution in [0.5, 0.6) is 0 Å². The minimum Gasteiger partial charge on any atom is -0.207 e. The van der Waals surface area contributed by atoms with Gasteiger partial charge < -0.3 is 0 Å². The number of hydrogen-bond donors (Lipinski definition) is 0. The summed E-state index contributed by atoms with van der Waals surface area (Å²) in [6.07, 6.45) is 0.524. The molecular weight excluding hydrogens is 234 g/mol. The zero-order valence-electron chi connectivity index (χ0n) is 8.41. The standard InChI is InChI=1S/C10H10ClNO2S/c1-3-8-5-9(6-12)7(2)4-10(8)15(11,13)14/h4-5H,3H2,1-2H3. The fraction of sp³-hybridized carbons (Fsp3) is 0.300. The van der Waals surface area contributed by atoms with Gasteiger partial charge in [-0.3, -0.25) is 0 Å². The molecule has 0 bridgehead atoms. The van der Waals surface area contributed by atoms with Crippen LogP contribution in [-0.4, -0.2) is 8.42 Å². The molecule has 1 aromatic carbocycles. The minimum absolute atomic E-state index is 0.100. The van der Waals surface area contributed by atoms with Crippen LogP contribution >= 0.6 is 10.7 Å². The monoisotopic (exact) mass is 243 g/mol. The summed E-state index contributed by atoms with van der Waals surface area (Å²) in [5, 5.41) is 8.80. The Kier molecular flexibility index (Phi) is 3.38. The summed E-state index contributed by atoms with van der Waals surface area (Å²) in [6, 6.07) is 5.03. The van der Waals surface area contributed by atoms with Crippen LogP contribution in [0.1, 0.15) is 23.6 Å². The number of hydrogen-bond acceptors (Lipinski definition) is 3. The number of benzene rings is 1. The lowest BCUT2D eigenvalue weighted by atomic mass is 10.0. The summed E-state index contributed by atoms with van der Waals surface area (Å²) in [5.74, 6) is 0. The second kappa shape index (κ2) is 4.21. The van der Waals surface area contributed by atoms with Crippen molar-refractivity contribution in [2.75, 3.05) is 0 Å². The SMILES string of the molecule is CCc1cc(C#N)c(C)cc1S(=O)(=O)Cl. The predicted octanol–water partition coefficient (Wildman–Crippen LogP) is 2.36. The Morgan fingerprint density at radius 2 is 2.07 bits per heavy atom. The molecule has 0 fully saturated rings. The van der Waals surface area contributed by atoms with Crippen LogP contribution < -0.4 is 0 Å². The smallest absolute Gasteiger partial charge is 0.207 e. The van der Waals surface area contributed by atoms with E-state index in [0.29, 0.717) is 23.1 Å². The molecule has 0 aliphatic rings. The second-order valence-electron chi connectivity index (χ2n) is 3.18. The fourth-order valence-corrected chi connectivity index (χ4v) is 2.61. The van der Waals surface area contributed by atoms with Gasteiger partial charge in [0.2, 0.25) is 0 Å². The van der Waals surface area contributed by atoms with Gasteiger partial charge in [0.15, 0.2) is 0 Å². The lowest BCUT2D eigenvalue weighted by Crippen LogP contribution is -1.99. The van der Waals surface area contributed by atoms with Crippen molar-refractivity contribution in [3.8, 4) is 6.07 Å². The zero-order chi connectivity index (χ0) is 11.6. The Labute approximate surface area is 93.7 Å². The lowest BCUT2D eigenvalue weighted by molar-refractivity contribution is 0.608. The highest BCUT2D eigenvalue weighted by molar-refractivity contribution is 8.13. The summed E-state index contributed by atoms with van der Waals surface area (Å²) in [6.45, 7) is 3.50. The molecule has 1 aromatic rings. The predicted molar refractivity (Wildman–Crippen MR) is 58.3 cm³/mol. The Morgan fingerprint density at radius 1 is 1.47 bits per heavy atom. The first kappa shape index (κ1) is 12.0. The average Bonchev–Trinajstić information content (AvgIpc) is 2.16. The molecule has 80 valence electrons. The van der Waals surface area contributed by atoms with Crippen molar-refractivity contribution in [2.45, 2.75) is 25.2 Å². The van der Waals surface area contributed by atoms with Gasteiger partial charge in [0.1, 0.15) is 0 Å². The van der Waals surface area contributed by atoms with Crippen LogP contribution in [0.25, 0.3) is 0 Å². The topological polar surface area (TPSA) is 57.9 Å². The Bertz CT molecular complexity index is 529. The van der Waals surface area contributed by atoms with E-state index < -0.39 is 9.05 Å². The van der Waals surface area contributed by atoms with Gasteiger partial charge >= 0.3 is 0 Å². The molecule has 0 N–H and O–H groups in total. The molecule has 0 radical (unpaired) electrons. The molecule has 0 unspecified atom stereocenters. The second-order valence-corrected chi connectivity index (χ2v) is 5.71. The third-order valence-electron chi connectivity index (χ3n) is 2.17. The van der Waals surface area contributed by atoms with Crippen LogP contribution in [0.2, 0.25) is 0 Å². The van der Waals surface area contributed by atoms with Gasteiger partial charge in [0, 0.05) is 10.7 Å². The van der Waals surface area contributed by atoms with Crippen molar-refractivity contribution >= 4 is 19.7 Å². The number of nitriles is 1. The van der Waals surface area contributed by atoms with Crippen LogP contribution in [0.3, 0.4) is 0 Å². The molecule has 1 rings (SSSR count). The summed E-state index contributed by atoms with van der Waals surface area (Å²) < 4.78 is 22.5. The maximum absolute atomic E-state index is 11.2. The zero-order valence-corrected chi connectivity index (χ0v) is 9.98. The molecule has 0 atom stereocenters. The molecule has 0 amide bonds. The molecule has 15 heavy (non-hydrogen) atoms. The first-order valence-corrected chi connectivity index (χ1v) is 6.69. The van der Waals surface area contributed by atoms with Crippen LogP contribution in [-0.2, 0) is 15.5 Å². The van der Waals surface area contributed by atoms with E-state index >= 15 is 0 Å². The molecule has 0 aromatic heterocycles. The summed E-state index contributed by atoms with van der Waals surface area (Å²) >= 11 is 0. The minimum atomic E-state index is -3.73. The number of rotatable bonds is 2. The summed E-state index contributed by atoms with van der Waals surface area (Å²) in [5.41, 5.74) is 1.68. The van der Waals surface area contributed by atoms with E-state index in [9.17, 15) is 8.42 Å². The maximum Gasteiger partial charge on any atom is 0.261 e. The normalized spacial score (nSPS) is 11.1. The van der Waals surface area contributed by atoms with Crippen molar-refractivity contribution in [1.82, 2.24) is 0 Å². The van der Waals surface area contributed by atoms with E-state index in [1.807, 2.05) is 13.0 Å². The quantitative estimate of drug-likeness (QED) is 0.750. The molecular formula is C10H10ClNO2S. The van der Waals surface area contributed by atoms with Gasteiger partial charge in [-0.05, 0) is 36.6 Å². The molecule has 5 heteroatoms. The van der Waals surface area contributed by atoms with Crippen molar-refractivity contribution in [3.05, 3.63) is 28.8 Å². The van der Waals surface area contributed by atoms with Crippen molar-refractivity contribution in [2.24, 2.45) is 0 Å². The number of nitrogens with zero attached hydrogens (tertiary/aromatic N) is 1. The molecule has 0 saturated carbocycles. The van der Waals surface area contributed by atoms with E-state index in [2.05, 4.69) is 0 Å². The Hall–Kier alpha value is -1.05. The van der Waals surface area contributed by atoms with Crippen molar-refractivity contribution < 1.29 is 8.42 Å². The van der Waals surface area contributed by atoms with Gasteiger partial charge in [-0.25, -0.2) is 8.42 Å². The first-order chi connectivity index (χ1) is 6.90. The van der Waals surface area contributed by atoms with Gasteiger partial charge in [0.05, 0.1) is 16.5 Å². The van der Waals surface area contributed by atoms with E-state index in [1.165, 1.54) is 6.07 Å². The highest BCUT2D eigenvalue weighted by Gasteiger charge is 2.16. The first-order valence-electron chi connectivity index (χ1n) is 4.38. The summed E-state index contributed by atoms with van der Waals surface area (Å²) in [4.78, 5) is 0.100. The third-order valence-corrected chi connectivity index (χ3v) is 3.58. The van der Waals surface area contributed by atoms with Crippen LogP contribution in [0.15, 0.2) is 17.0 Å². The van der Waals surface area contributed by atoms with E-state index in [-0.39, 0.29) is 4.90 Å². The van der Waals surface area contributed by atoms with Gasteiger partial charge in [-0.2, -0.15) is 5.26 Å². The van der Waals surface area contributed by atoms with Gasteiger partial charge in [-0.1, -0.05) is 6.92 Å². The van der Waals surface area contributed by atoms with Gasteiger partial charge in [-0.15, -0.1) is 0 Å². The highest BCUT2D eigenvalue weighted by Crippen LogP contribution is 2.24. The molecule has 0 heterocycles. The van der Waals surface area contributed by atoms with E-state index in [0.717, 1.165) is 0 Å². The molecule has 3 nitrogen and oxygen atoms in total. The lowest BCUT2D eigenvalue weighted by Gasteiger charge is -2.07. The average molecular weight is 244 g/mol.